The number of aryl methyl sites for hydroxylation is 1. The number of aromatic hydroxyl groups is 1. The van der Waals surface area contributed by atoms with E-state index in [1.54, 1.807) is 13.0 Å². The van der Waals surface area contributed by atoms with Gasteiger partial charge in [-0.15, -0.1) is 3.89 Å². The summed E-state index contributed by atoms with van der Waals surface area (Å²) >= 11 is 0. The average Bonchev–Trinajstić information content (AvgIpc) is 2.37. The van der Waals surface area contributed by atoms with Gasteiger partial charge in [0.1, 0.15) is 10.6 Å². The van der Waals surface area contributed by atoms with E-state index in [-0.39, 0.29) is 17.0 Å². The van der Waals surface area contributed by atoms with E-state index in [9.17, 15) is 22.2 Å². The molecule has 21 heavy (non-hydrogen) atoms. The number of benzene rings is 2. The molecular weight excluding hydrogens is 297 g/mol. The van der Waals surface area contributed by atoms with Crippen LogP contribution in [0.2, 0.25) is 0 Å². The number of hydrogen-bond donors (Lipinski definition) is 2. The van der Waals surface area contributed by atoms with Gasteiger partial charge in [0.15, 0.2) is 0 Å². The molecule has 110 valence electrons. The topological polar surface area (TPSA) is 83.5 Å². The Bertz CT molecular complexity index is 802. The lowest BCUT2D eigenvalue weighted by atomic mass is 10.1. The Morgan fingerprint density at radius 1 is 1.19 bits per heavy atom. The van der Waals surface area contributed by atoms with Crippen LogP contribution in [-0.4, -0.2) is 19.4 Å². The van der Waals surface area contributed by atoms with Crippen molar-refractivity contribution in [1.29, 1.82) is 0 Å². The molecule has 0 fully saturated rings. The van der Waals surface area contributed by atoms with Gasteiger partial charge in [-0.1, -0.05) is 18.2 Å². The highest BCUT2D eigenvalue weighted by Gasteiger charge is 2.19. The highest BCUT2D eigenvalue weighted by Crippen LogP contribution is 2.25. The highest BCUT2D eigenvalue weighted by molar-refractivity contribution is 7.86. The minimum atomic E-state index is -4.96. The molecule has 0 heterocycles. The lowest BCUT2D eigenvalue weighted by Crippen LogP contribution is -2.14. The second-order valence-electron chi connectivity index (χ2n) is 4.41. The Kier molecular flexibility index (Phi) is 3.95. The van der Waals surface area contributed by atoms with Crippen molar-refractivity contribution in [2.45, 2.75) is 11.8 Å². The summed E-state index contributed by atoms with van der Waals surface area (Å²) in [4.78, 5) is 11.4. The maximum Gasteiger partial charge on any atom is 0.334 e. The maximum absolute atomic E-state index is 13.1. The zero-order valence-electron chi connectivity index (χ0n) is 11.0. The molecule has 0 aromatic heterocycles. The van der Waals surface area contributed by atoms with Crippen molar-refractivity contribution < 1.29 is 22.2 Å². The number of halogens is 1. The number of phenolic OH excluding ortho intramolecular Hbond substituents is 1. The summed E-state index contributed by atoms with van der Waals surface area (Å²) in [5.74, 6) is -0.975. The van der Waals surface area contributed by atoms with Gasteiger partial charge in [0.25, 0.3) is 5.91 Å². The number of para-hydroxylation sites is 1. The number of phenols is 1. The van der Waals surface area contributed by atoms with E-state index in [0.717, 1.165) is 11.6 Å². The molecule has 0 bridgehead atoms. The molecule has 5 nitrogen and oxygen atoms in total. The van der Waals surface area contributed by atoms with Gasteiger partial charge < -0.3 is 10.4 Å². The quantitative estimate of drug-likeness (QED) is 0.854. The summed E-state index contributed by atoms with van der Waals surface area (Å²) in [5.41, 5.74) is 0.535. The molecule has 7 heteroatoms. The number of rotatable bonds is 3. The van der Waals surface area contributed by atoms with Crippen molar-refractivity contribution in [3.8, 4) is 5.75 Å². The Morgan fingerprint density at radius 3 is 2.48 bits per heavy atom. The number of carbonyl (C=O) groups excluding carboxylic acids is 1. The van der Waals surface area contributed by atoms with E-state index in [1.165, 1.54) is 30.3 Å². The van der Waals surface area contributed by atoms with Crippen molar-refractivity contribution in [2.75, 3.05) is 5.32 Å². The molecular formula is C14H12FNO4S. The number of amides is 1. The van der Waals surface area contributed by atoms with E-state index >= 15 is 0 Å². The minimum Gasteiger partial charge on any atom is -0.507 e. The Morgan fingerprint density at radius 2 is 1.86 bits per heavy atom. The van der Waals surface area contributed by atoms with Gasteiger partial charge in [0.05, 0.1) is 11.3 Å². The van der Waals surface area contributed by atoms with Crippen LogP contribution in [0.1, 0.15) is 15.9 Å². The molecule has 0 saturated heterocycles. The third-order valence-corrected chi connectivity index (χ3v) is 3.68. The largest absolute Gasteiger partial charge is 0.507 e. The van der Waals surface area contributed by atoms with Crippen LogP contribution in [0.4, 0.5) is 9.57 Å². The monoisotopic (exact) mass is 309 g/mol. The average molecular weight is 309 g/mol. The number of hydrogen-bond acceptors (Lipinski definition) is 4. The number of nitrogens with one attached hydrogen (secondary N) is 1. The van der Waals surface area contributed by atoms with Crippen molar-refractivity contribution in [3.63, 3.8) is 0 Å². The van der Waals surface area contributed by atoms with Gasteiger partial charge in [-0.25, -0.2) is 0 Å². The summed E-state index contributed by atoms with van der Waals surface area (Å²) in [6.45, 7) is 1.74. The van der Waals surface area contributed by atoms with E-state index in [2.05, 4.69) is 5.32 Å². The molecule has 2 rings (SSSR count). The first-order valence-corrected chi connectivity index (χ1v) is 7.32. The maximum atomic E-state index is 13.1. The standard InChI is InChI=1S/C14H12FNO4S/c1-9-6-7-10(12(17)8-9)14(18)16-11-4-2-3-5-13(11)21(15,19)20/h2-8,17H,1H3,(H,16,18). The molecule has 0 saturated carbocycles. The van der Waals surface area contributed by atoms with E-state index in [1.807, 2.05) is 0 Å². The Labute approximate surface area is 121 Å². The second kappa shape index (κ2) is 5.53. The van der Waals surface area contributed by atoms with Gasteiger partial charge in [0, 0.05) is 0 Å². The number of anilines is 1. The summed E-state index contributed by atoms with van der Waals surface area (Å²) in [6.07, 6.45) is 0. The number of carbonyl (C=O) groups is 1. The Hall–Kier alpha value is -2.41. The molecule has 0 unspecified atom stereocenters. The van der Waals surface area contributed by atoms with E-state index < -0.39 is 21.0 Å². The molecule has 0 aliphatic rings. The molecule has 1 amide bonds. The smallest absolute Gasteiger partial charge is 0.334 e. The summed E-state index contributed by atoms with van der Waals surface area (Å²) in [7, 11) is -4.96. The predicted octanol–water partition coefficient (Wildman–Crippen LogP) is 2.61. The summed E-state index contributed by atoms with van der Waals surface area (Å²) in [5, 5.41) is 12.0. The molecule has 0 aliphatic carbocycles. The lowest BCUT2D eigenvalue weighted by Gasteiger charge is -2.09. The first-order chi connectivity index (χ1) is 9.79. The molecule has 0 atom stereocenters. The van der Waals surface area contributed by atoms with Crippen LogP contribution in [0.15, 0.2) is 47.4 Å². The first-order valence-electron chi connectivity index (χ1n) is 5.93. The van der Waals surface area contributed by atoms with Gasteiger partial charge in [-0.05, 0) is 36.8 Å². The molecule has 2 aromatic rings. The molecule has 0 aliphatic heterocycles. The van der Waals surface area contributed by atoms with Crippen molar-refractivity contribution >= 4 is 21.8 Å². The minimum absolute atomic E-state index is 0.0355. The summed E-state index contributed by atoms with van der Waals surface area (Å²) < 4.78 is 35.2. The van der Waals surface area contributed by atoms with Gasteiger partial charge in [-0.3, -0.25) is 4.79 Å². The molecule has 2 aromatic carbocycles. The fourth-order valence-electron chi connectivity index (χ4n) is 1.81. The second-order valence-corrected chi connectivity index (χ2v) is 5.72. The fraction of sp³-hybridized carbons (Fsp3) is 0.0714. The third-order valence-electron chi connectivity index (χ3n) is 2.80. The van der Waals surface area contributed by atoms with Gasteiger partial charge >= 0.3 is 10.2 Å². The van der Waals surface area contributed by atoms with Crippen molar-refractivity contribution in [1.82, 2.24) is 0 Å². The van der Waals surface area contributed by atoms with Crippen LogP contribution in [0.25, 0.3) is 0 Å². The van der Waals surface area contributed by atoms with Crippen LogP contribution in [0, 0.1) is 6.92 Å². The molecule has 2 N–H and O–H groups in total. The van der Waals surface area contributed by atoms with Crippen LogP contribution in [0.3, 0.4) is 0 Å². The molecule has 0 spiro atoms. The van der Waals surface area contributed by atoms with Crippen molar-refractivity contribution in [3.05, 3.63) is 53.6 Å². The fourth-order valence-corrected chi connectivity index (χ4v) is 2.43. The van der Waals surface area contributed by atoms with Crippen LogP contribution >= 0.6 is 0 Å². The SMILES string of the molecule is Cc1ccc(C(=O)Nc2ccccc2S(=O)(=O)F)c(O)c1. The van der Waals surface area contributed by atoms with Crippen molar-refractivity contribution in [2.24, 2.45) is 0 Å². The van der Waals surface area contributed by atoms with Gasteiger partial charge in [-0.2, -0.15) is 8.42 Å². The zero-order chi connectivity index (χ0) is 15.6. The van der Waals surface area contributed by atoms with Crippen LogP contribution in [-0.2, 0) is 10.2 Å². The van der Waals surface area contributed by atoms with E-state index in [4.69, 9.17) is 0 Å². The molecule has 0 radical (unpaired) electrons. The van der Waals surface area contributed by atoms with Crippen LogP contribution < -0.4 is 5.32 Å². The van der Waals surface area contributed by atoms with Gasteiger partial charge in [0.2, 0.25) is 0 Å². The normalized spacial score (nSPS) is 11.1. The van der Waals surface area contributed by atoms with Crippen LogP contribution in [0.5, 0.6) is 5.75 Å². The Balaban J connectivity index is 2.37. The summed E-state index contributed by atoms with van der Waals surface area (Å²) in [6, 6.07) is 9.51. The predicted molar refractivity (Wildman–Crippen MR) is 75.5 cm³/mol. The highest BCUT2D eigenvalue weighted by atomic mass is 32.3. The van der Waals surface area contributed by atoms with E-state index in [0.29, 0.717) is 0 Å². The lowest BCUT2D eigenvalue weighted by molar-refractivity contribution is 0.102. The zero-order valence-corrected chi connectivity index (χ0v) is 11.8. The third kappa shape index (κ3) is 3.38. The first kappa shape index (κ1) is 15.0.